The molecule has 0 aromatic heterocycles. The average molecular weight is 486 g/mol. The number of carbonyl (C=O) groups excluding carboxylic acids is 3. The van der Waals surface area contributed by atoms with E-state index in [1.54, 1.807) is 6.92 Å². The third-order valence-electron chi connectivity index (χ3n) is 6.30. The number of ether oxygens (including phenoxy) is 4. The van der Waals surface area contributed by atoms with Gasteiger partial charge in [-0.05, 0) is 50.3 Å². The van der Waals surface area contributed by atoms with Gasteiger partial charge in [0.15, 0.2) is 5.78 Å². The van der Waals surface area contributed by atoms with Crippen LogP contribution >= 0.6 is 0 Å². The van der Waals surface area contributed by atoms with E-state index < -0.39 is 23.8 Å². The Labute approximate surface area is 206 Å². The topological polar surface area (TPSA) is 100 Å². The van der Waals surface area contributed by atoms with Crippen LogP contribution in [0.1, 0.15) is 52.0 Å². The monoisotopic (exact) mass is 485 g/mol. The molecule has 3 rings (SSSR count). The van der Waals surface area contributed by atoms with E-state index in [0.29, 0.717) is 48.8 Å². The second kappa shape index (κ2) is 12.0. The van der Waals surface area contributed by atoms with Gasteiger partial charge in [-0.15, -0.1) is 0 Å². The van der Waals surface area contributed by atoms with Crippen LogP contribution in [0.4, 0.5) is 0 Å². The van der Waals surface area contributed by atoms with Gasteiger partial charge in [0, 0.05) is 29.5 Å². The van der Waals surface area contributed by atoms with Gasteiger partial charge in [0.2, 0.25) is 0 Å². The first-order chi connectivity index (χ1) is 16.8. The Morgan fingerprint density at radius 3 is 2.43 bits per heavy atom. The zero-order chi connectivity index (χ0) is 25.5. The maximum Gasteiger partial charge on any atom is 0.336 e. The maximum absolute atomic E-state index is 13.7. The van der Waals surface area contributed by atoms with Crippen LogP contribution in [0.5, 0.6) is 5.75 Å². The quantitative estimate of drug-likeness (QED) is 0.304. The molecular formula is C27H35NO7. The lowest BCUT2D eigenvalue weighted by atomic mass is 9.69. The summed E-state index contributed by atoms with van der Waals surface area (Å²) < 4.78 is 21.5. The summed E-state index contributed by atoms with van der Waals surface area (Å²) in [5, 5.41) is 3.26. The third-order valence-corrected chi connectivity index (χ3v) is 6.30. The van der Waals surface area contributed by atoms with Crippen molar-refractivity contribution in [1.82, 2.24) is 5.32 Å². The van der Waals surface area contributed by atoms with E-state index >= 15 is 0 Å². The molecule has 0 saturated heterocycles. The molecule has 190 valence electrons. The van der Waals surface area contributed by atoms with Crippen LogP contribution in [0.3, 0.4) is 0 Å². The summed E-state index contributed by atoms with van der Waals surface area (Å²) in [6, 6.07) is 7.31. The van der Waals surface area contributed by atoms with Gasteiger partial charge in [-0.25, -0.2) is 4.79 Å². The first-order valence-electron chi connectivity index (χ1n) is 12.1. The van der Waals surface area contributed by atoms with E-state index in [2.05, 4.69) is 5.32 Å². The third kappa shape index (κ3) is 5.75. The lowest BCUT2D eigenvalue weighted by molar-refractivity contribution is -0.151. The molecule has 1 aromatic rings. The molecular weight excluding hydrogens is 450 g/mol. The molecule has 1 N–H and O–H groups in total. The Bertz CT molecular complexity index is 1010. The molecule has 1 aromatic carbocycles. The first kappa shape index (κ1) is 26.5. The van der Waals surface area contributed by atoms with Crippen molar-refractivity contribution in [1.29, 1.82) is 0 Å². The summed E-state index contributed by atoms with van der Waals surface area (Å²) in [7, 11) is 1.28. The highest BCUT2D eigenvalue weighted by atomic mass is 16.6. The Balaban J connectivity index is 2.01. The lowest BCUT2D eigenvalue weighted by Gasteiger charge is -2.38. The molecule has 1 aliphatic carbocycles. The number of hydrogen-bond acceptors (Lipinski definition) is 8. The molecule has 0 radical (unpaired) electrons. The van der Waals surface area contributed by atoms with E-state index in [-0.39, 0.29) is 18.3 Å². The van der Waals surface area contributed by atoms with Crippen molar-refractivity contribution >= 4 is 17.7 Å². The minimum Gasteiger partial charge on any atom is -0.494 e. The number of carbonyl (C=O) groups is 3. The van der Waals surface area contributed by atoms with Crippen molar-refractivity contribution < 1.29 is 33.3 Å². The number of allylic oxidation sites excluding steroid dienone is 3. The van der Waals surface area contributed by atoms with Gasteiger partial charge in [-0.1, -0.05) is 26.0 Å². The average Bonchev–Trinajstić information content (AvgIpc) is 2.83. The Hall–Kier alpha value is -3.13. The maximum atomic E-state index is 13.7. The van der Waals surface area contributed by atoms with Gasteiger partial charge in [0.25, 0.3) is 0 Å². The molecule has 1 heterocycles. The van der Waals surface area contributed by atoms with Crippen LogP contribution < -0.4 is 10.1 Å². The summed E-state index contributed by atoms with van der Waals surface area (Å²) in [4.78, 5) is 39.5. The standard InChI is InChI=1S/C27H35NO7/c1-6-12-33-13-14-35-27(31)22-17(4)28-20-15-16(3)21(26(30)32-5)25(29)24(20)23(22)18-8-10-19(11-9-18)34-7-2/h8-11,16,21,23,28H,6-7,12-15H2,1-5H3/t16-,21+,23-/m1/s1. The molecule has 35 heavy (non-hydrogen) atoms. The van der Waals surface area contributed by atoms with Crippen molar-refractivity contribution in [2.24, 2.45) is 11.8 Å². The fraction of sp³-hybridized carbons (Fsp3) is 0.519. The van der Waals surface area contributed by atoms with Gasteiger partial charge in [0.05, 0.1) is 25.9 Å². The number of rotatable bonds is 10. The molecule has 3 atom stereocenters. The van der Waals surface area contributed by atoms with Crippen LogP contribution in [0.2, 0.25) is 0 Å². The molecule has 0 unspecified atom stereocenters. The number of ketones is 1. The predicted octanol–water partition coefficient (Wildman–Crippen LogP) is 3.67. The van der Waals surface area contributed by atoms with Gasteiger partial charge < -0.3 is 24.3 Å². The van der Waals surface area contributed by atoms with E-state index in [1.807, 2.05) is 45.0 Å². The predicted molar refractivity (Wildman–Crippen MR) is 130 cm³/mol. The second-order valence-electron chi connectivity index (χ2n) is 8.79. The highest BCUT2D eigenvalue weighted by Crippen LogP contribution is 2.45. The summed E-state index contributed by atoms with van der Waals surface area (Å²) >= 11 is 0. The van der Waals surface area contributed by atoms with E-state index in [9.17, 15) is 14.4 Å². The molecule has 0 amide bonds. The minimum atomic E-state index is -0.927. The first-order valence-corrected chi connectivity index (χ1v) is 12.1. The summed E-state index contributed by atoms with van der Waals surface area (Å²) in [6.45, 7) is 9.08. The normalized spacial score (nSPS) is 21.9. The molecule has 0 fully saturated rings. The van der Waals surface area contributed by atoms with Crippen molar-refractivity contribution in [2.75, 3.05) is 33.5 Å². The number of esters is 2. The number of methoxy groups -OCH3 is 1. The zero-order valence-corrected chi connectivity index (χ0v) is 21.1. The van der Waals surface area contributed by atoms with Crippen LogP contribution in [0.25, 0.3) is 0 Å². The Morgan fingerprint density at radius 2 is 1.80 bits per heavy atom. The number of dihydropyridines is 1. The van der Waals surface area contributed by atoms with Gasteiger partial charge in [0.1, 0.15) is 18.3 Å². The largest absolute Gasteiger partial charge is 0.494 e. The van der Waals surface area contributed by atoms with Crippen molar-refractivity contribution in [3.8, 4) is 5.75 Å². The smallest absolute Gasteiger partial charge is 0.336 e. The molecule has 0 spiro atoms. The summed E-state index contributed by atoms with van der Waals surface area (Å²) in [5.41, 5.74) is 2.83. The summed E-state index contributed by atoms with van der Waals surface area (Å²) in [6.07, 6.45) is 1.36. The molecule has 2 aliphatic rings. The highest BCUT2D eigenvalue weighted by Gasteiger charge is 2.47. The zero-order valence-electron chi connectivity index (χ0n) is 21.1. The van der Waals surface area contributed by atoms with Crippen LogP contribution in [-0.2, 0) is 28.6 Å². The Kier molecular flexibility index (Phi) is 9.09. The van der Waals surface area contributed by atoms with Crippen LogP contribution in [-0.4, -0.2) is 51.3 Å². The highest BCUT2D eigenvalue weighted by molar-refractivity contribution is 6.12. The number of benzene rings is 1. The second-order valence-corrected chi connectivity index (χ2v) is 8.79. The SMILES string of the molecule is CCCOCCOC(=O)C1=C(C)NC2=C(C(=O)[C@@H](C(=O)OC)[C@H](C)C2)[C@@H]1c1ccc(OCC)cc1. The van der Waals surface area contributed by atoms with Crippen molar-refractivity contribution in [3.63, 3.8) is 0 Å². The molecule has 1 aliphatic heterocycles. The van der Waals surface area contributed by atoms with Crippen molar-refractivity contribution in [3.05, 3.63) is 52.4 Å². The van der Waals surface area contributed by atoms with Crippen LogP contribution in [0.15, 0.2) is 46.8 Å². The number of Topliss-reactive ketones (excluding diaryl/α,β-unsaturated/α-hetero) is 1. The molecule has 8 heteroatoms. The fourth-order valence-electron chi connectivity index (χ4n) is 4.73. The van der Waals surface area contributed by atoms with Crippen LogP contribution in [0, 0.1) is 11.8 Å². The van der Waals surface area contributed by atoms with E-state index in [0.717, 1.165) is 17.7 Å². The molecule has 0 bridgehead atoms. The fourth-order valence-corrected chi connectivity index (χ4v) is 4.73. The van der Waals surface area contributed by atoms with Gasteiger partial charge in [-0.3, -0.25) is 9.59 Å². The lowest BCUT2D eigenvalue weighted by Crippen LogP contribution is -2.43. The number of nitrogens with one attached hydrogen (secondary N) is 1. The van der Waals surface area contributed by atoms with Crippen molar-refractivity contribution in [2.45, 2.75) is 46.5 Å². The van der Waals surface area contributed by atoms with E-state index in [1.165, 1.54) is 7.11 Å². The van der Waals surface area contributed by atoms with E-state index in [4.69, 9.17) is 18.9 Å². The number of hydrogen-bond donors (Lipinski definition) is 1. The van der Waals surface area contributed by atoms with Gasteiger partial charge in [-0.2, -0.15) is 0 Å². The molecule has 0 saturated carbocycles. The molecule has 8 nitrogen and oxygen atoms in total. The Morgan fingerprint density at radius 1 is 1.09 bits per heavy atom. The minimum absolute atomic E-state index is 0.104. The summed E-state index contributed by atoms with van der Waals surface area (Å²) in [5.74, 6) is -2.58. The van der Waals surface area contributed by atoms with Gasteiger partial charge >= 0.3 is 11.9 Å².